The molecule has 2 heterocycles. The Morgan fingerprint density at radius 1 is 1.27 bits per heavy atom. The van der Waals surface area contributed by atoms with E-state index in [1.165, 1.54) is 5.56 Å². The van der Waals surface area contributed by atoms with E-state index in [2.05, 4.69) is 55.2 Å². The van der Waals surface area contributed by atoms with Crippen LogP contribution in [-0.2, 0) is 11.2 Å². The Morgan fingerprint density at radius 3 is 2.46 bits per heavy atom. The van der Waals surface area contributed by atoms with Crippen molar-refractivity contribution in [1.29, 1.82) is 0 Å². The van der Waals surface area contributed by atoms with Gasteiger partial charge in [-0.15, -0.1) is 0 Å². The summed E-state index contributed by atoms with van der Waals surface area (Å²) in [6.07, 6.45) is 5.86. The number of hydrogen-bond donors (Lipinski definition) is 2. The van der Waals surface area contributed by atoms with Gasteiger partial charge in [0.25, 0.3) is 0 Å². The van der Waals surface area contributed by atoms with Crippen molar-refractivity contribution in [3.8, 4) is 0 Å². The molecule has 0 spiro atoms. The molecule has 1 unspecified atom stereocenters. The number of nitrogens with one attached hydrogen (secondary N) is 1. The van der Waals surface area contributed by atoms with Crippen LogP contribution in [0, 0.1) is 5.92 Å². The number of likely N-dealkylation sites (tertiary alicyclic amines) is 1. The molecule has 1 aliphatic rings. The standard InChI is InChI=1S/C19H23BrN4O2/c1-13(24-8-6-15(7-9-24)18(25)26)10-14-2-4-17(5-3-14)23-19-21-11-16(20)12-22-19/h2-5,11-13,15H,6-10H2,1H3,(H,25,26)(H,21,22,23). The van der Waals surface area contributed by atoms with Crippen molar-refractivity contribution in [1.82, 2.24) is 14.9 Å². The number of anilines is 2. The maximum absolute atomic E-state index is 11.1. The van der Waals surface area contributed by atoms with E-state index < -0.39 is 5.97 Å². The summed E-state index contributed by atoms with van der Waals surface area (Å²) in [6, 6.07) is 8.69. The van der Waals surface area contributed by atoms with Crippen molar-refractivity contribution in [2.45, 2.75) is 32.2 Å². The van der Waals surface area contributed by atoms with E-state index in [1.807, 2.05) is 12.1 Å². The first-order valence-electron chi connectivity index (χ1n) is 8.81. The van der Waals surface area contributed by atoms with E-state index in [9.17, 15) is 4.79 Å². The lowest BCUT2D eigenvalue weighted by molar-refractivity contribution is -0.143. The molecule has 138 valence electrons. The van der Waals surface area contributed by atoms with Crippen LogP contribution in [-0.4, -0.2) is 45.1 Å². The second kappa shape index (κ2) is 8.60. The van der Waals surface area contributed by atoms with Gasteiger partial charge < -0.3 is 15.3 Å². The van der Waals surface area contributed by atoms with Gasteiger partial charge in [-0.05, 0) is 72.9 Å². The number of carboxylic acid groups (broad SMARTS) is 1. The maximum atomic E-state index is 11.1. The van der Waals surface area contributed by atoms with Gasteiger partial charge in [-0.2, -0.15) is 0 Å². The van der Waals surface area contributed by atoms with Crippen LogP contribution in [0.25, 0.3) is 0 Å². The van der Waals surface area contributed by atoms with Crippen LogP contribution in [0.2, 0.25) is 0 Å². The van der Waals surface area contributed by atoms with Crippen LogP contribution in [0.3, 0.4) is 0 Å². The van der Waals surface area contributed by atoms with E-state index >= 15 is 0 Å². The van der Waals surface area contributed by atoms with Gasteiger partial charge in [0.05, 0.1) is 10.4 Å². The molecule has 0 aliphatic carbocycles. The molecule has 3 rings (SSSR count). The lowest BCUT2D eigenvalue weighted by Gasteiger charge is -2.34. The summed E-state index contributed by atoms with van der Waals surface area (Å²) in [5.74, 6) is -0.268. The van der Waals surface area contributed by atoms with Gasteiger partial charge in [0.2, 0.25) is 5.95 Å². The predicted molar refractivity (Wildman–Crippen MR) is 105 cm³/mol. The Balaban J connectivity index is 1.52. The molecule has 6 nitrogen and oxygen atoms in total. The van der Waals surface area contributed by atoms with Crippen molar-refractivity contribution in [3.63, 3.8) is 0 Å². The highest BCUT2D eigenvalue weighted by molar-refractivity contribution is 9.10. The first kappa shape index (κ1) is 18.8. The number of benzene rings is 1. The van der Waals surface area contributed by atoms with Crippen molar-refractivity contribution < 1.29 is 9.90 Å². The topological polar surface area (TPSA) is 78.4 Å². The van der Waals surface area contributed by atoms with E-state index in [0.29, 0.717) is 12.0 Å². The average molecular weight is 419 g/mol. The highest BCUT2D eigenvalue weighted by Gasteiger charge is 2.26. The minimum absolute atomic E-state index is 0.176. The quantitative estimate of drug-likeness (QED) is 0.744. The van der Waals surface area contributed by atoms with Crippen LogP contribution in [0.15, 0.2) is 41.1 Å². The molecule has 1 aromatic heterocycles. The van der Waals surface area contributed by atoms with E-state index in [4.69, 9.17) is 5.11 Å². The van der Waals surface area contributed by atoms with Gasteiger partial charge in [0.15, 0.2) is 0 Å². The summed E-state index contributed by atoms with van der Waals surface area (Å²) >= 11 is 3.32. The molecular weight excluding hydrogens is 396 g/mol. The summed E-state index contributed by atoms with van der Waals surface area (Å²) in [7, 11) is 0. The fourth-order valence-corrected chi connectivity index (χ4v) is 3.49. The van der Waals surface area contributed by atoms with Gasteiger partial charge >= 0.3 is 5.97 Å². The monoisotopic (exact) mass is 418 g/mol. The summed E-state index contributed by atoms with van der Waals surface area (Å²) in [4.78, 5) is 21.9. The molecule has 0 radical (unpaired) electrons. The third-order valence-electron chi connectivity index (χ3n) is 4.86. The second-order valence-electron chi connectivity index (χ2n) is 6.75. The lowest BCUT2D eigenvalue weighted by Crippen LogP contribution is -2.42. The summed E-state index contributed by atoms with van der Waals surface area (Å²) in [5.41, 5.74) is 2.21. The highest BCUT2D eigenvalue weighted by Crippen LogP contribution is 2.21. The van der Waals surface area contributed by atoms with E-state index in [0.717, 1.165) is 42.5 Å². The first-order chi connectivity index (χ1) is 12.5. The fraction of sp³-hybridized carbons (Fsp3) is 0.421. The number of piperidine rings is 1. The molecule has 2 aromatic rings. The zero-order valence-electron chi connectivity index (χ0n) is 14.7. The third-order valence-corrected chi connectivity index (χ3v) is 5.27. The minimum atomic E-state index is -0.657. The van der Waals surface area contributed by atoms with Crippen molar-refractivity contribution in [2.75, 3.05) is 18.4 Å². The van der Waals surface area contributed by atoms with Crippen molar-refractivity contribution >= 4 is 33.5 Å². The molecule has 26 heavy (non-hydrogen) atoms. The minimum Gasteiger partial charge on any atom is -0.481 e. The van der Waals surface area contributed by atoms with Crippen LogP contribution >= 0.6 is 15.9 Å². The zero-order valence-corrected chi connectivity index (χ0v) is 16.3. The van der Waals surface area contributed by atoms with E-state index in [1.54, 1.807) is 12.4 Å². The van der Waals surface area contributed by atoms with Crippen LogP contribution in [0.4, 0.5) is 11.6 Å². The summed E-state index contributed by atoms with van der Waals surface area (Å²) in [5, 5.41) is 12.3. The molecular formula is C19H23BrN4O2. The molecule has 0 bridgehead atoms. The molecule has 1 aliphatic heterocycles. The average Bonchev–Trinajstić information content (AvgIpc) is 2.65. The number of carbonyl (C=O) groups is 1. The number of carboxylic acids is 1. The van der Waals surface area contributed by atoms with Gasteiger partial charge in [0.1, 0.15) is 0 Å². The molecule has 2 N–H and O–H groups in total. The van der Waals surface area contributed by atoms with E-state index in [-0.39, 0.29) is 5.92 Å². The smallest absolute Gasteiger partial charge is 0.306 e. The molecule has 0 amide bonds. The number of halogens is 1. The lowest BCUT2D eigenvalue weighted by atomic mass is 9.95. The Bertz CT molecular complexity index is 728. The number of hydrogen-bond acceptors (Lipinski definition) is 5. The molecule has 7 heteroatoms. The Hall–Kier alpha value is -1.99. The predicted octanol–water partition coefficient (Wildman–Crippen LogP) is 3.71. The molecule has 1 aromatic carbocycles. The third kappa shape index (κ3) is 5.02. The Morgan fingerprint density at radius 2 is 1.88 bits per heavy atom. The number of rotatable bonds is 6. The molecule has 1 saturated heterocycles. The van der Waals surface area contributed by atoms with Crippen LogP contribution < -0.4 is 5.32 Å². The number of aromatic nitrogens is 2. The zero-order chi connectivity index (χ0) is 18.5. The first-order valence-corrected chi connectivity index (χ1v) is 9.61. The van der Waals surface area contributed by atoms with Gasteiger partial charge in [-0.3, -0.25) is 4.79 Å². The largest absolute Gasteiger partial charge is 0.481 e. The summed E-state index contributed by atoms with van der Waals surface area (Å²) < 4.78 is 0.847. The van der Waals surface area contributed by atoms with Gasteiger partial charge in [-0.25, -0.2) is 9.97 Å². The van der Waals surface area contributed by atoms with Crippen LogP contribution in [0.1, 0.15) is 25.3 Å². The Labute approximate surface area is 161 Å². The number of aliphatic carboxylic acids is 1. The normalized spacial score (nSPS) is 17.0. The van der Waals surface area contributed by atoms with Gasteiger partial charge in [-0.1, -0.05) is 12.1 Å². The summed E-state index contributed by atoms with van der Waals surface area (Å²) in [6.45, 7) is 3.93. The highest BCUT2D eigenvalue weighted by atomic mass is 79.9. The SMILES string of the molecule is CC(Cc1ccc(Nc2ncc(Br)cn2)cc1)N1CCC(C(=O)O)CC1. The second-order valence-corrected chi connectivity index (χ2v) is 7.66. The molecule has 1 atom stereocenters. The van der Waals surface area contributed by atoms with Crippen molar-refractivity contribution in [2.24, 2.45) is 5.92 Å². The van der Waals surface area contributed by atoms with Gasteiger partial charge in [0, 0.05) is 24.1 Å². The molecule has 0 saturated carbocycles. The molecule has 1 fully saturated rings. The fourth-order valence-electron chi connectivity index (χ4n) is 3.29. The Kier molecular flexibility index (Phi) is 6.21. The van der Waals surface area contributed by atoms with Crippen molar-refractivity contribution in [3.05, 3.63) is 46.7 Å². The van der Waals surface area contributed by atoms with Crippen LogP contribution in [0.5, 0.6) is 0 Å². The maximum Gasteiger partial charge on any atom is 0.306 e. The number of nitrogens with zero attached hydrogens (tertiary/aromatic N) is 3.